The first kappa shape index (κ1) is 24.8. The van der Waals surface area contributed by atoms with Crippen molar-refractivity contribution in [1.29, 1.82) is 0 Å². The van der Waals surface area contributed by atoms with Gasteiger partial charge in [-0.3, -0.25) is 8.78 Å². The van der Waals surface area contributed by atoms with Gasteiger partial charge in [-0.2, -0.15) is 6.67 Å². The fraction of sp³-hybridized carbons (Fsp3) is 0.0769. The van der Waals surface area contributed by atoms with Gasteiger partial charge >= 0.3 is 27.5 Å². The van der Waals surface area contributed by atoms with Gasteiger partial charge < -0.3 is 14.8 Å². The second-order valence-electron chi connectivity index (χ2n) is 6.93. The normalized spacial score (nSPS) is 12.4. The molecule has 0 bridgehead atoms. The molecule has 1 fully saturated rings. The monoisotopic (exact) mass is 641 g/mol. The van der Waals surface area contributed by atoms with Crippen molar-refractivity contribution >= 4 is 21.0 Å². The van der Waals surface area contributed by atoms with E-state index >= 15 is 0 Å². The summed E-state index contributed by atoms with van der Waals surface area (Å²) in [5, 5.41) is 0. The molecule has 0 unspecified atom stereocenters. The van der Waals surface area contributed by atoms with Crippen LogP contribution >= 0.6 is 9.58 Å². The summed E-state index contributed by atoms with van der Waals surface area (Å²) in [4.78, 5) is 8.52. The Morgan fingerprint density at radius 2 is 1.36 bits per heavy atom. The minimum Gasteiger partial charge on any atom is -0.502 e. The van der Waals surface area contributed by atoms with E-state index in [0.717, 1.165) is 25.2 Å². The molecule has 0 saturated carbocycles. The van der Waals surface area contributed by atoms with Gasteiger partial charge in [-0.15, -0.1) is 12.1 Å². The Labute approximate surface area is 207 Å². The van der Waals surface area contributed by atoms with E-state index in [1.807, 2.05) is 0 Å². The second kappa shape index (κ2) is 13.0. The Balaban J connectivity index is 0.000000176. The van der Waals surface area contributed by atoms with Crippen LogP contribution < -0.4 is 9.80 Å². The molecule has 0 N–H and O–H groups in total. The molecule has 5 rings (SSSR count). The number of halogens is 3. The van der Waals surface area contributed by atoms with Gasteiger partial charge in [-0.25, -0.2) is 0 Å². The summed E-state index contributed by atoms with van der Waals surface area (Å²) in [6, 6.07) is 30.5. The van der Waals surface area contributed by atoms with Gasteiger partial charge in [0.1, 0.15) is 0 Å². The van der Waals surface area contributed by atoms with Crippen molar-refractivity contribution in [3.8, 4) is 11.3 Å². The fourth-order valence-corrected chi connectivity index (χ4v) is 3.28. The maximum atomic E-state index is 13.2. The summed E-state index contributed by atoms with van der Waals surface area (Å²) in [5.41, 5.74) is 3.15. The summed E-state index contributed by atoms with van der Waals surface area (Å²) in [6.45, 7) is 4.27. The molecular formula is C26H21ClF2IrN3. The molecule has 0 amide bonds. The van der Waals surface area contributed by atoms with E-state index < -0.39 is 11.6 Å². The third-order valence-corrected chi connectivity index (χ3v) is 4.82. The fourth-order valence-electron chi connectivity index (χ4n) is 3.28. The van der Waals surface area contributed by atoms with Crippen molar-refractivity contribution in [2.45, 2.75) is 0 Å². The largest absolute Gasteiger partial charge is 0.502 e. The number of anilines is 2. The molecule has 1 aliphatic rings. The quantitative estimate of drug-likeness (QED) is 0.234. The van der Waals surface area contributed by atoms with Crippen molar-refractivity contribution in [3.05, 3.63) is 122 Å². The molecule has 33 heavy (non-hydrogen) atoms. The van der Waals surface area contributed by atoms with Crippen molar-refractivity contribution in [2.75, 3.05) is 22.9 Å². The maximum absolute atomic E-state index is 13.2. The number of rotatable bonds is 3. The third-order valence-electron chi connectivity index (χ3n) is 4.82. The Morgan fingerprint density at radius 3 is 1.85 bits per heavy atom. The van der Waals surface area contributed by atoms with Gasteiger partial charge in [0.05, 0.1) is 0 Å². The third kappa shape index (κ3) is 7.09. The van der Waals surface area contributed by atoms with Gasteiger partial charge in [0.25, 0.3) is 0 Å². The molecule has 2 heterocycles. The number of benzene rings is 3. The van der Waals surface area contributed by atoms with Crippen LogP contribution in [-0.4, -0.2) is 18.1 Å². The molecule has 7 heteroatoms. The number of pyridine rings is 1. The first-order valence-electron chi connectivity index (χ1n) is 10.1. The average Bonchev–Trinajstić information content (AvgIpc) is 3.38. The Kier molecular flexibility index (Phi) is 9.82. The van der Waals surface area contributed by atoms with Crippen LogP contribution in [0.2, 0.25) is 0 Å². The summed E-state index contributed by atoms with van der Waals surface area (Å²) >= 11 is 1.47. The average molecular weight is 641 g/mol. The van der Waals surface area contributed by atoms with E-state index in [0.29, 0.717) is 5.69 Å². The minimum atomic E-state index is -0.649. The summed E-state index contributed by atoms with van der Waals surface area (Å²) in [5.74, 6) is -1.29. The van der Waals surface area contributed by atoms with E-state index in [9.17, 15) is 8.78 Å². The zero-order chi connectivity index (χ0) is 23.5. The van der Waals surface area contributed by atoms with Crippen molar-refractivity contribution in [1.82, 2.24) is 4.98 Å². The van der Waals surface area contributed by atoms with Crippen LogP contribution in [0.1, 0.15) is 0 Å². The van der Waals surface area contributed by atoms with E-state index in [2.05, 4.69) is 97.8 Å². The standard InChI is InChI=1S/C15H15N2.C11H6F2N.ClH.Ir/c1-3-7-14(8-4-1)16-11-12-17(13-16)15-9-5-2-6-10-15;12-8-4-5-9(10(13)7-8)11-3-1-2-6-14-11;;/h1-10,13H,11-12H2;1-4,6-7H;1H;/q2*-1;;+3/p-1. The maximum Gasteiger partial charge on any atom is 0.00858 e. The van der Waals surface area contributed by atoms with Crippen LogP contribution in [-0.2, 0) is 17.9 Å². The molecule has 170 valence electrons. The molecule has 0 atom stereocenters. The predicted molar refractivity (Wildman–Crippen MR) is 126 cm³/mol. The molecule has 0 spiro atoms. The molecule has 1 aromatic heterocycles. The van der Waals surface area contributed by atoms with Crippen molar-refractivity contribution < 1.29 is 26.7 Å². The van der Waals surface area contributed by atoms with Crippen LogP contribution in [0.25, 0.3) is 11.3 Å². The van der Waals surface area contributed by atoms with Crippen LogP contribution in [0, 0.1) is 24.4 Å². The molecule has 1 aliphatic heterocycles. The Bertz CT molecular complexity index is 1060. The van der Waals surface area contributed by atoms with E-state index in [1.54, 1.807) is 24.4 Å². The topological polar surface area (TPSA) is 19.4 Å². The van der Waals surface area contributed by atoms with Crippen LogP contribution in [0.5, 0.6) is 0 Å². The summed E-state index contributed by atoms with van der Waals surface area (Å²) in [6.07, 6.45) is 1.55. The van der Waals surface area contributed by atoms with Gasteiger partial charge in [0.2, 0.25) is 0 Å². The number of hydrogen-bond donors (Lipinski definition) is 0. The van der Waals surface area contributed by atoms with Crippen LogP contribution in [0.3, 0.4) is 0 Å². The van der Waals surface area contributed by atoms with Gasteiger partial charge in [-0.1, -0.05) is 60.2 Å². The number of hydrogen-bond acceptors (Lipinski definition) is 3. The minimum absolute atomic E-state index is 0.187. The van der Waals surface area contributed by atoms with Crippen molar-refractivity contribution in [3.63, 3.8) is 0 Å². The SMILES string of the molecule is Fc1c[c-]c(-c2ccccn2)c(F)c1.[Cl][Ir+2].c1ccc(N2[CH-]N(c3ccccc3)CC2)cc1. The van der Waals surface area contributed by atoms with Crippen molar-refractivity contribution in [2.24, 2.45) is 0 Å². The molecule has 4 aromatic rings. The van der Waals surface area contributed by atoms with Crippen LogP contribution in [0.4, 0.5) is 20.2 Å². The second-order valence-corrected chi connectivity index (χ2v) is 6.93. The predicted octanol–water partition coefficient (Wildman–Crippen LogP) is 6.65. The molecule has 1 saturated heterocycles. The molecule has 3 aromatic carbocycles. The van der Waals surface area contributed by atoms with Crippen LogP contribution in [0.15, 0.2) is 97.2 Å². The summed E-state index contributed by atoms with van der Waals surface area (Å²) in [7, 11) is 4.64. The molecule has 0 aliphatic carbocycles. The smallest absolute Gasteiger partial charge is 0.00858 e. The number of aromatic nitrogens is 1. The number of para-hydroxylation sites is 2. The first-order chi connectivity index (χ1) is 16.2. The van der Waals surface area contributed by atoms with Gasteiger partial charge in [0, 0.05) is 42.3 Å². The first-order valence-corrected chi connectivity index (χ1v) is 13.1. The number of nitrogens with zero attached hydrogens (tertiary/aromatic N) is 3. The molecular weight excluding hydrogens is 620 g/mol. The van der Waals surface area contributed by atoms with Gasteiger partial charge in [-0.05, 0) is 36.0 Å². The van der Waals surface area contributed by atoms with E-state index in [1.165, 1.54) is 29.3 Å². The van der Waals surface area contributed by atoms with E-state index in [-0.39, 0.29) is 5.56 Å². The van der Waals surface area contributed by atoms with Gasteiger partial charge in [0.15, 0.2) is 0 Å². The van der Waals surface area contributed by atoms with E-state index in [4.69, 9.17) is 0 Å². The summed E-state index contributed by atoms with van der Waals surface area (Å²) < 4.78 is 25.8. The zero-order valence-corrected chi connectivity index (χ0v) is 20.7. The molecule has 3 nitrogen and oxygen atoms in total. The Hall–Kier alpha value is -2.79. The zero-order valence-electron chi connectivity index (χ0n) is 17.5. The Morgan fingerprint density at radius 1 is 0.818 bits per heavy atom. The molecule has 0 radical (unpaired) electrons.